The molecule has 2 rings (SSSR count). The molecule has 0 radical (unpaired) electrons. The molecular weight excluding hydrogens is 268 g/mol. The number of amides is 1. The minimum atomic E-state index is 0.0591. The Morgan fingerprint density at radius 1 is 1.30 bits per heavy atom. The number of benzene rings is 1. The van der Waals surface area contributed by atoms with Crippen LogP contribution in [0, 0.1) is 0 Å². The fourth-order valence-corrected chi connectivity index (χ4v) is 2.97. The Morgan fingerprint density at radius 3 is 3.00 bits per heavy atom. The van der Waals surface area contributed by atoms with Gasteiger partial charge in [0.1, 0.15) is 0 Å². The molecule has 0 aromatic heterocycles. The molecule has 1 aliphatic rings. The van der Waals surface area contributed by atoms with Gasteiger partial charge in [-0.1, -0.05) is 12.8 Å². The van der Waals surface area contributed by atoms with Crippen LogP contribution in [0.25, 0.3) is 0 Å². The van der Waals surface area contributed by atoms with Gasteiger partial charge in [-0.3, -0.25) is 4.79 Å². The van der Waals surface area contributed by atoms with E-state index in [1.54, 1.807) is 0 Å². The molecule has 2 N–H and O–H groups in total. The van der Waals surface area contributed by atoms with E-state index in [0.717, 1.165) is 31.5 Å². The number of nitrogens with one attached hydrogen (secondary N) is 2. The first-order valence-electron chi connectivity index (χ1n) is 7.45. The predicted molar refractivity (Wildman–Crippen MR) is 87.8 cm³/mol. The molecule has 0 saturated carbocycles. The molecule has 1 amide bonds. The SMILES string of the molecule is CSCCCCCCNC(=O)c1ccc2c(c1)CCN2. The second-order valence-corrected chi connectivity index (χ2v) is 6.20. The van der Waals surface area contributed by atoms with Crippen LogP contribution in [-0.4, -0.2) is 31.0 Å². The smallest absolute Gasteiger partial charge is 0.251 e. The van der Waals surface area contributed by atoms with Crippen LogP contribution in [0.2, 0.25) is 0 Å². The van der Waals surface area contributed by atoms with Crippen LogP contribution in [0.15, 0.2) is 18.2 Å². The van der Waals surface area contributed by atoms with Crippen molar-refractivity contribution in [2.45, 2.75) is 32.1 Å². The van der Waals surface area contributed by atoms with Gasteiger partial charge in [-0.25, -0.2) is 0 Å². The van der Waals surface area contributed by atoms with Crippen LogP contribution < -0.4 is 10.6 Å². The lowest BCUT2D eigenvalue weighted by Crippen LogP contribution is -2.24. The lowest BCUT2D eigenvalue weighted by atomic mass is 10.1. The van der Waals surface area contributed by atoms with Crippen LogP contribution in [0.3, 0.4) is 0 Å². The summed E-state index contributed by atoms with van der Waals surface area (Å²) in [6.45, 7) is 1.77. The van der Waals surface area contributed by atoms with Gasteiger partial charge in [0.15, 0.2) is 0 Å². The van der Waals surface area contributed by atoms with Gasteiger partial charge in [0.2, 0.25) is 0 Å². The standard InChI is InChI=1S/C16H24N2OS/c1-20-11-5-3-2-4-9-18-16(19)14-6-7-15-13(12-14)8-10-17-15/h6-7,12,17H,2-5,8-11H2,1H3,(H,18,19). The Kier molecular flexibility index (Phi) is 6.25. The van der Waals surface area contributed by atoms with E-state index < -0.39 is 0 Å². The number of fused-ring (bicyclic) bond motifs is 1. The normalized spacial score (nSPS) is 12.8. The zero-order chi connectivity index (χ0) is 14.2. The van der Waals surface area contributed by atoms with Crippen molar-refractivity contribution in [3.05, 3.63) is 29.3 Å². The van der Waals surface area contributed by atoms with E-state index in [2.05, 4.69) is 16.9 Å². The molecule has 1 aromatic rings. The molecule has 0 spiro atoms. The van der Waals surface area contributed by atoms with Crippen molar-refractivity contribution in [2.75, 3.05) is 30.4 Å². The van der Waals surface area contributed by atoms with Crippen LogP contribution in [0.4, 0.5) is 5.69 Å². The number of carbonyl (C=O) groups is 1. The Labute approximate surface area is 125 Å². The third-order valence-corrected chi connectivity index (χ3v) is 4.33. The monoisotopic (exact) mass is 292 g/mol. The largest absolute Gasteiger partial charge is 0.384 e. The van der Waals surface area contributed by atoms with Crippen molar-refractivity contribution in [1.29, 1.82) is 0 Å². The Hall–Kier alpha value is -1.16. The number of unbranched alkanes of at least 4 members (excludes halogenated alkanes) is 3. The number of carbonyl (C=O) groups excluding carboxylic acids is 1. The second-order valence-electron chi connectivity index (χ2n) is 5.21. The van der Waals surface area contributed by atoms with Crippen molar-refractivity contribution >= 4 is 23.4 Å². The summed E-state index contributed by atoms with van der Waals surface area (Å²) in [5, 5.41) is 6.33. The van der Waals surface area contributed by atoms with E-state index in [4.69, 9.17) is 0 Å². The molecule has 3 nitrogen and oxygen atoms in total. The van der Waals surface area contributed by atoms with Crippen molar-refractivity contribution in [3.8, 4) is 0 Å². The number of rotatable bonds is 8. The molecule has 0 fully saturated rings. The van der Waals surface area contributed by atoms with Gasteiger partial charge in [0.05, 0.1) is 0 Å². The molecule has 0 aliphatic carbocycles. The highest BCUT2D eigenvalue weighted by molar-refractivity contribution is 7.98. The van der Waals surface area contributed by atoms with Gasteiger partial charge in [-0.2, -0.15) is 11.8 Å². The molecule has 1 aromatic carbocycles. The number of hydrogen-bond donors (Lipinski definition) is 2. The summed E-state index contributed by atoms with van der Waals surface area (Å²) >= 11 is 1.90. The molecular formula is C16H24N2OS. The third-order valence-electron chi connectivity index (χ3n) is 3.64. The second kappa shape index (κ2) is 8.20. The zero-order valence-corrected chi connectivity index (χ0v) is 13.0. The first kappa shape index (κ1) is 15.2. The maximum absolute atomic E-state index is 12.0. The maximum atomic E-state index is 12.0. The van der Waals surface area contributed by atoms with E-state index in [9.17, 15) is 4.79 Å². The topological polar surface area (TPSA) is 41.1 Å². The van der Waals surface area contributed by atoms with Crippen LogP contribution >= 0.6 is 11.8 Å². The van der Waals surface area contributed by atoms with Gasteiger partial charge in [0.25, 0.3) is 5.91 Å². The van der Waals surface area contributed by atoms with Crippen molar-refractivity contribution in [2.24, 2.45) is 0 Å². The number of hydrogen-bond acceptors (Lipinski definition) is 3. The summed E-state index contributed by atoms with van der Waals surface area (Å²) in [5.41, 5.74) is 3.22. The van der Waals surface area contributed by atoms with E-state index in [0.29, 0.717) is 0 Å². The van der Waals surface area contributed by atoms with E-state index in [1.165, 1.54) is 36.3 Å². The maximum Gasteiger partial charge on any atom is 0.251 e. The minimum absolute atomic E-state index is 0.0591. The van der Waals surface area contributed by atoms with Gasteiger partial charge in [-0.15, -0.1) is 0 Å². The lowest BCUT2D eigenvalue weighted by molar-refractivity contribution is 0.0953. The average molecular weight is 292 g/mol. The summed E-state index contributed by atoms with van der Waals surface area (Å²) in [6.07, 6.45) is 7.99. The molecule has 1 aliphatic heterocycles. The lowest BCUT2D eigenvalue weighted by Gasteiger charge is -2.07. The van der Waals surface area contributed by atoms with Crippen molar-refractivity contribution in [1.82, 2.24) is 5.32 Å². The summed E-state index contributed by atoms with van der Waals surface area (Å²) in [4.78, 5) is 12.0. The van der Waals surface area contributed by atoms with Crippen LogP contribution in [0.5, 0.6) is 0 Å². The molecule has 4 heteroatoms. The average Bonchev–Trinajstić information content (AvgIpc) is 2.93. The zero-order valence-electron chi connectivity index (χ0n) is 12.2. The molecule has 1 heterocycles. The minimum Gasteiger partial charge on any atom is -0.384 e. The first-order valence-corrected chi connectivity index (χ1v) is 8.84. The van der Waals surface area contributed by atoms with Crippen LogP contribution in [-0.2, 0) is 6.42 Å². The molecule has 0 saturated heterocycles. The summed E-state index contributed by atoms with van der Waals surface area (Å²) < 4.78 is 0. The summed E-state index contributed by atoms with van der Waals surface area (Å²) in [5.74, 6) is 1.30. The third kappa shape index (κ3) is 4.44. The van der Waals surface area contributed by atoms with E-state index in [1.807, 2.05) is 30.0 Å². The fraction of sp³-hybridized carbons (Fsp3) is 0.562. The highest BCUT2D eigenvalue weighted by atomic mass is 32.2. The Bertz CT molecular complexity index is 448. The van der Waals surface area contributed by atoms with Crippen molar-refractivity contribution in [3.63, 3.8) is 0 Å². The quantitative estimate of drug-likeness (QED) is 0.722. The van der Waals surface area contributed by atoms with Crippen LogP contribution in [0.1, 0.15) is 41.6 Å². The number of anilines is 1. The molecule has 0 unspecified atom stereocenters. The van der Waals surface area contributed by atoms with Gasteiger partial charge < -0.3 is 10.6 Å². The molecule has 0 atom stereocenters. The van der Waals surface area contributed by atoms with Gasteiger partial charge in [-0.05, 0) is 55.0 Å². The van der Waals surface area contributed by atoms with Crippen molar-refractivity contribution < 1.29 is 4.79 Å². The van der Waals surface area contributed by atoms with Gasteiger partial charge >= 0.3 is 0 Å². The Morgan fingerprint density at radius 2 is 2.15 bits per heavy atom. The molecule has 0 bridgehead atoms. The highest BCUT2D eigenvalue weighted by Gasteiger charge is 2.12. The predicted octanol–water partition coefficient (Wildman–Crippen LogP) is 3.31. The highest BCUT2D eigenvalue weighted by Crippen LogP contribution is 2.22. The van der Waals surface area contributed by atoms with E-state index in [-0.39, 0.29) is 5.91 Å². The molecule has 110 valence electrons. The summed E-state index contributed by atoms with van der Waals surface area (Å²) in [7, 11) is 0. The Balaban J connectivity index is 1.67. The van der Waals surface area contributed by atoms with E-state index >= 15 is 0 Å². The molecule has 20 heavy (non-hydrogen) atoms. The van der Waals surface area contributed by atoms with Gasteiger partial charge in [0, 0.05) is 24.3 Å². The summed E-state index contributed by atoms with van der Waals surface area (Å²) in [6, 6.07) is 5.94. The first-order chi connectivity index (χ1) is 9.81. The number of thioether (sulfide) groups is 1. The fourth-order valence-electron chi connectivity index (χ4n) is 2.48.